The van der Waals surface area contributed by atoms with Crippen LogP contribution >= 0.6 is 0 Å². The summed E-state index contributed by atoms with van der Waals surface area (Å²) in [7, 11) is 3.97. The Kier molecular flexibility index (Phi) is 3.77. The number of fused-ring (bicyclic) bond motifs is 1. The van der Waals surface area contributed by atoms with E-state index in [0.717, 1.165) is 28.8 Å². The summed E-state index contributed by atoms with van der Waals surface area (Å²) in [6.07, 6.45) is 3.89. The van der Waals surface area contributed by atoms with Gasteiger partial charge in [0.05, 0.1) is 12.2 Å². The van der Waals surface area contributed by atoms with Crippen molar-refractivity contribution >= 4 is 11.0 Å². The van der Waals surface area contributed by atoms with E-state index in [1.54, 1.807) is 0 Å². The van der Waals surface area contributed by atoms with E-state index < -0.39 is 0 Å². The molecule has 21 heavy (non-hydrogen) atoms. The molecule has 0 fully saturated rings. The van der Waals surface area contributed by atoms with Crippen LogP contribution in [0, 0.1) is 0 Å². The fraction of sp³-hybridized carbons (Fsp3) is 0.312. The van der Waals surface area contributed by atoms with E-state index in [2.05, 4.69) is 29.2 Å². The lowest BCUT2D eigenvalue weighted by atomic mass is 10.1. The van der Waals surface area contributed by atoms with Crippen molar-refractivity contribution in [3.63, 3.8) is 0 Å². The summed E-state index contributed by atoms with van der Waals surface area (Å²) in [6.45, 7) is 1.29. The molecule has 0 aliphatic rings. The lowest BCUT2D eigenvalue weighted by molar-refractivity contribution is 0.216. The van der Waals surface area contributed by atoms with Gasteiger partial charge >= 0.3 is 0 Å². The fourth-order valence-electron chi connectivity index (χ4n) is 2.63. The molecule has 3 aromatic rings. The predicted octanol–water partition coefficient (Wildman–Crippen LogP) is 2.30. The van der Waals surface area contributed by atoms with Crippen molar-refractivity contribution in [2.24, 2.45) is 12.8 Å². The number of para-hydroxylation sites is 1. The highest BCUT2D eigenvalue weighted by molar-refractivity contribution is 5.77. The Balaban J connectivity index is 1.83. The third-order valence-electron chi connectivity index (χ3n) is 3.72. The van der Waals surface area contributed by atoms with E-state index >= 15 is 0 Å². The predicted molar refractivity (Wildman–Crippen MR) is 82.7 cm³/mol. The van der Waals surface area contributed by atoms with Crippen LogP contribution in [0.2, 0.25) is 0 Å². The first-order valence-electron chi connectivity index (χ1n) is 7.03. The molecular formula is C16H20N4O. The Bertz CT molecular complexity index is 698. The number of nitrogens with zero attached hydrogens (tertiary/aromatic N) is 3. The van der Waals surface area contributed by atoms with E-state index in [9.17, 15) is 0 Å². The Morgan fingerprint density at radius 3 is 2.86 bits per heavy atom. The summed E-state index contributed by atoms with van der Waals surface area (Å²) in [5, 5.41) is 5.31. The average Bonchev–Trinajstić information content (AvgIpc) is 3.05. The molecule has 2 N–H and O–H groups in total. The van der Waals surface area contributed by atoms with Gasteiger partial charge in [-0.05, 0) is 19.2 Å². The van der Waals surface area contributed by atoms with Crippen LogP contribution in [0.4, 0.5) is 0 Å². The van der Waals surface area contributed by atoms with E-state index in [-0.39, 0.29) is 6.04 Å². The Morgan fingerprint density at radius 1 is 1.38 bits per heavy atom. The van der Waals surface area contributed by atoms with Crippen molar-refractivity contribution in [1.82, 2.24) is 14.7 Å². The van der Waals surface area contributed by atoms with Crippen LogP contribution in [-0.2, 0) is 13.6 Å². The number of furan rings is 1. The number of hydrogen-bond donors (Lipinski definition) is 1. The van der Waals surface area contributed by atoms with Crippen LogP contribution in [0.1, 0.15) is 17.4 Å². The molecule has 5 heteroatoms. The molecule has 110 valence electrons. The Morgan fingerprint density at radius 2 is 2.19 bits per heavy atom. The number of nitrogens with two attached hydrogens (primary N) is 1. The highest BCUT2D eigenvalue weighted by atomic mass is 16.3. The third kappa shape index (κ3) is 2.84. The number of aryl methyl sites for hydroxylation is 1. The zero-order chi connectivity index (χ0) is 14.8. The summed E-state index contributed by atoms with van der Waals surface area (Å²) in [5.74, 6) is 0.907. The lowest BCUT2D eigenvalue weighted by Crippen LogP contribution is -2.29. The number of rotatable bonds is 5. The molecule has 0 bridgehead atoms. The molecular weight excluding hydrogens is 264 g/mol. The smallest absolute Gasteiger partial charge is 0.134 e. The molecule has 0 aliphatic carbocycles. The minimum absolute atomic E-state index is 0.0533. The second-order valence-electron chi connectivity index (χ2n) is 5.38. The van der Waals surface area contributed by atoms with Gasteiger partial charge in [-0.25, -0.2) is 0 Å². The topological polar surface area (TPSA) is 60.2 Å². The van der Waals surface area contributed by atoms with E-state index in [1.807, 2.05) is 42.3 Å². The SMILES string of the molecule is CN(Cc1cnn(C)c1)C(CN)c1cc2ccccc2o1. The quantitative estimate of drug-likeness (QED) is 0.781. The standard InChI is InChI=1S/C16H20N4O/c1-19(10-12-9-18-20(2)11-12)14(8-17)16-7-13-5-3-4-6-15(13)21-16/h3-7,9,11,14H,8,10,17H2,1-2H3. The van der Waals surface area contributed by atoms with Gasteiger partial charge in [0, 0.05) is 37.3 Å². The first-order chi connectivity index (χ1) is 10.2. The van der Waals surface area contributed by atoms with Crippen molar-refractivity contribution in [3.8, 4) is 0 Å². The molecule has 0 spiro atoms. The second kappa shape index (κ2) is 5.71. The Hall–Kier alpha value is -2.11. The first-order valence-corrected chi connectivity index (χ1v) is 7.03. The number of hydrogen-bond acceptors (Lipinski definition) is 4. The van der Waals surface area contributed by atoms with Crippen molar-refractivity contribution < 1.29 is 4.42 Å². The minimum atomic E-state index is 0.0533. The Labute approximate surface area is 123 Å². The molecule has 1 aromatic carbocycles. The van der Waals surface area contributed by atoms with Crippen LogP contribution in [0.5, 0.6) is 0 Å². The van der Waals surface area contributed by atoms with Crippen LogP contribution < -0.4 is 5.73 Å². The minimum Gasteiger partial charge on any atom is -0.459 e. The van der Waals surface area contributed by atoms with Crippen molar-refractivity contribution in [2.75, 3.05) is 13.6 Å². The van der Waals surface area contributed by atoms with Crippen LogP contribution in [0.3, 0.4) is 0 Å². The number of likely N-dealkylation sites (N-methyl/N-ethyl adjacent to an activating group) is 1. The summed E-state index contributed by atoms with van der Waals surface area (Å²) in [4.78, 5) is 2.19. The highest BCUT2D eigenvalue weighted by Gasteiger charge is 2.20. The monoisotopic (exact) mass is 284 g/mol. The summed E-state index contributed by atoms with van der Waals surface area (Å²) in [6, 6.07) is 10.2. The van der Waals surface area contributed by atoms with Gasteiger partial charge in [-0.15, -0.1) is 0 Å². The maximum atomic E-state index is 5.96. The van der Waals surface area contributed by atoms with Gasteiger partial charge < -0.3 is 10.2 Å². The third-order valence-corrected chi connectivity index (χ3v) is 3.72. The average molecular weight is 284 g/mol. The molecule has 1 atom stereocenters. The molecule has 0 aliphatic heterocycles. The molecule has 0 amide bonds. The molecule has 5 nitrogen and oxygen atoms in total. The first kappa shape index (κ1) is 13.9. The van der Waals surface area contributed by atoms with Crippen LogP contribution in [0.25, 0.3) is 11.0 Å². The second-order valence-corrected chi connectivity index (χ2v) is 5.38. The summed E-state index contributed by atoms with van der Waals surface area (Å²) < 4.78 is 7.75. The van der Waals surface area contributed by atoms with E-state index in [0.29, 0.717) is 6.54 Å². The largest absolute Gasteiger partial charge is 0.459 e. The highest BCUT2D eigenvalue weighted by Crippen LogP contribution is 2.27. The van der Waals surface area contributed by atoms with Gasteiger partial charge in [-0.2, -0.15) is 5.10 Å². The van der Waals surface area contributed by atoms with Crippen molar-refractivity contribution in [3.05, 3.63) is 54.0 Å². The molecule has 0 radical (unpaired) electrons. The molecule has 0 saturated carbocycles. The van der Waals surface area contributed by atoms with Gasteiger partial charge in [-0.1, -0.05) is 18.2 Å². The molecule has 2 aromatic heterocycles. The van der Waals surface area contributed by atoms with Gasteiger partial charge in [-0.3, -0.25) is 9.58 Å². The number of benzene rings is 1. The molecule has 0 saturated heterocycles. The normalized spacial score (nSPS) is 13.1. The number of aromatic nitrogens is 2. The van der Waals surface area contributed by atoms with Gasteiger partial charge in [0.15, 0.2) is 0 Å². The van der Waals surface area contributed by atoms with Gasteiger partial charge in [0.2, 0.25) is 0 Å². The van der Waals surface area contributed by atoms with E-state index in [1.165, 1.54) is 0 Å². The van der Waals surface area contributed by atoms with E-state index in [4.69, 9.17) is 10.2 Å². The van der Waals surface area contributed by atoms with Crippen LogP contribution in [-0.4, -0.2) is 28.3 Å². The molecule has 1 unspecified atom stereocenters. The molecule has 3 rings (SSSR count). The maximum Gasteiger partial charge on any atom is 0.134 e. The molecule has 2 heterocycles. The maximum absolute atomic E-state index is 5.96. The summed E-state index contributed by atoms with van der Waals surface area (Å²) >= 11 is 0. The summed E-state index contributed by atoms with van der Waals surface area (Å²) in [5.41, 5.74) is 8.03. The zero-order valence-corrected chi connectivity index (χ0v) is 12.4. The van der Waals surface area contributed by atoms with Crippen molar-refractivity contribution in [1.29, 1.82) is 0 Å². The fourth-order valence-corrected chi connectivity index (χ4v) is 2.63. The van der Waals surface area contributed by atoms with Gasteiger partial charge in [0.25, 0.3) is 0 Å². The van der Waals surface area contributed by atoms with Gasteiger partial charge in [0.1, 0.15) is 11.3 Å². The van der Waals surface area contributed by atoms with Crippen LogP contribution in [0.15, 0.2) is 47.1 Å². The van der Waals surface area contributed by atoms with Crippen molar-refractivity contribution in [2.45, 2.75) is 12.6 Å². The zero-order valence-electron chi connectivity index (χ0n) is 12.4. The lowest BCUT2D eigenvalue weighted by Gasteiger charge is -2.24.